The molecule has 0 atom stereocenters. The van der Waals surface area contributed by atoms with E-state index in [4.69, 9.17) is 0 Å². The lowest BCUT2D eigenvalue weighted by Crippen LogP contribution is -2.27. The Morgan fingerprint density at radius 3 is 2.16 bits per heavy atom. The number of likely N-dealkylation sites (N-methyl/N-ethyl adjacent to an activating group) is 1. The number of anilines is 2. The molecule has 0 aliphatic carbocycles. The van der Waals surface area contributed by atoms with E-state index in [1.807, 2.05) is 19.9 Å². The minimum Gasteiger partial charge on any atom is -0.323 e. The van der Waals surface area contributed by atoms with Gasteiger partial charge in [0, 0.05) is 0 Å². The molecule has 2 N–H and O–H groups in total. The number of hydrogen-bond acceptors (Lipinski definition) is 4. The molecule has 0 saturated carbocycles. The lowest BCUT2D eigenvalue weighted by atomic mass is 10.2. The first-order valence-electron chi connectivity index (χ1n) is 7.82. The van der Waals surface area contributed by atoms with Crippen LogP contribution in [0.15, 0.2) is 47.4 Å². The summed E-state index contributed by atoms with van der Waals surface area (Å²) in [6, 6.07) is 11.8. The third-order valence-electron chi connectivity index (χ3n) is 3.48. The average molecular weight is 361 g/mol. The Hall–Kier alpha value is -2.38. The molecule has 0 spiro atoms. The number of nitrogens with one attached hydrogen (secondary N) is 2. The molecular weight excluding hydrogens is 338 g/mol. The molecule has 0 aromatic heterocycles. The second-order valence-corrected chi connectivity index (χ2v) is 7.94. The molecular formula is C18H23N3O3S. The van der Waals surface area contributed by atoms with E-state index >= 15 is 0 Å². The smallest absolute Gasteiger partial charge is 0.261 e. The molecule has 0 aliphatic rings. The van der Waals surface area contributed by atoms with E-state index in [-0.39, 0.29) is 17.3 Å². The molecule has 6 nitrogen and oxygen atoms in total. The number of hydrogen-bond donors (Lipinski definition) is 2. The van der Waals surface area contributed by atoms with Crippen LogP contribution in [-0.2, 0) is 14.8 Å². The van der Waals surface area contributed by atoms with Crippen molar-refractivity contribution in [3.8, 4) is 0 Å². The summed E-state index contributed by atoms with van der Waals surface area (Å²) in [7, 11) is -0.165. The summed E-state index contributed by atoms with van der Waals surface area (Å²) in [5, 5.41) is 2.74. The normalized spacial score (nSPS) is 11.4. The van der Waals surface area contributed by atoms with Gasteiger partial charge in [0.05, 0.1) is 22.8 Å². The van der Waals surface area contributed by atoms with Crippen molar-refractivity contribution >= 4 is 27.3 Å². The van der Waals surface area contributed by atoms with E-state index in [0.717, 1.165) is 11.1 Å². The summed E-state index contributed by atoms with van der Waals surface area (Å²) in [5.74, 6) is -0.218. The van der Waals surface area contributed by atoms with Crippen molar-refractivity contribution < 1.29 is 13.2 Å². The van der Waals surface area contributed by atoms with Crippen LogP contribution in [0.25, 0.3) is 0 Å². The van der Waals surface area contributed by atoms with Crippen LogP contribution in [0.5, 0.6) is 0 Å². The third-order valence-corrected chi connectivity index (χ3v) is 4.87. The zero-order chi connectivity index (χ0) is 18.6. The molecule has 0 bridgehead atoms. The number of aryl methyl sites for hydroxylation is 2. The van der Waals surface area contributed by atoms with Gasteiger partial charge in [-0.05, 0) is 57.8 Å². The SMILES string of the molecule is Cc1ccc(S(=O)(=O)Nc2cc(C)ccc2NC(=O)CN(C)C)cc1. The summed E-state index contributed by atoms with van der Waals surface area (Å²) in [6.45, 7) is 3.95. The number of carbonyl (C=O) groups excluding carboxylic acids is 1. The van der Waals surface area contributed by atoms with Crippen molar-refractivity contribution in [2.45, 2.75) is 18.7 Å². The van der Waals surface area contributed by atoms with Gasteiger partial charge in [-0.2, -0.15) is 0 Å². The number of benzene rings is 2. The van der Waals surface area contributed by atoms with Gasteiger partial charge < -0.3 is 10.2 Å². The van der Waals surface area contributed by atoms with Crippen LogP contribution < -0.4 is 10.0 Å². The van der Waals surface area contributed by atoms with Crippen LogP contribution in [0.3, 0.4) is 0 Å². The molecule has 134 valence electrons. The zero-order valence-electron chi connectivity index (χ0n) is 14.8. The number of carbonyl (C=O) groups is 1. The zero-order valence-corrected chi connectivity index (χ0v) is 15.6. The molecule has 2 rings (SSSR count). The summed E-state index contributed by atoms with van der Waals surface area (Å²) < 4.78 is 27.8. The number of rotatable bonds is 6. The summed E-state index contributed by atoms with van der Waals surface area (Å²) in [6.07, 6.45) is 0. The number of sulfonamides is 1. The van der Waals surface area contributed by atoms with Gasteiger partial charge in [0.1, 0.15) is 0 Å². The average Bonchev–Trinajstić information content (AvgIpc) is 2.49. The molecule has 0 unspecified atom stereocenters. The highest BCUT2D eigenvalue weighted by atomic mass is 32.2. The van der Waals surface area contributed by atoms with Crippen LogP contribution in [0.4, 0.5) is 11.4 Å². The molecule has 2 aromatic carbocycles. The quantitative estimate of drug-likeness (QED) is 0.829. The molecule has 0 radical (unpaired) electrons. The molecule has 1 amide bonds. The van der Waals surface area contributed by atoms with Crippen molar-refractivity contribution in [2.24, 2.45) is 0 Å². The third kappa shape index (κ3) is 5.30. The van der Waals surface area contributed by atoms with Gasteiger partial charge in [-0.25, -0.2) is 8.42 Å². The Morgan fingerprint density at radius 1 is 0.960 bits per heavy atom. The Balaban J connectivity index is 2.30. The first-order valence-corrected chi connectivity index (χ1v) is 9.30. The van der Waals surface area contributed by atoms with Crippen molar-refractivity contribution in [3.05, 3.63) is 53.6 Å². The van der Waals surface area contributed by atoms with Gasteiger partial charge >= 0.3 is 0 Å². The van der Waals surface area contributed by atoms with E-state index in [1.165, 1.54) is 0 Å². The highest BCUT2D eigenvalue weighted by Gasteiger charge is 2.17. The molecule has 25 heavy (non-hydrogen) atoms. The predicted molar refractivity (Wildman–Crippen MR) is 100 cm³/mol. The van der Waals surface area contributed by atoms with Gasteiger partial charge in [-0.15, -0.1) is 0 Å². The topological polar surface area (TPSA) is 78.5 Å². The maximum absolute atomic E-state index is 12.6. The van der Waals surface area contributed by atoms with E-state index in [9.17, 15) is 13.2 Å². The van der Waals surface area contributed by atoms with Crippen molar-refractivity contribution in [2.75, 3.05) is 30.7 Å². The first-order chi connectivity index (χ1) is 11.7. The van der Waals surface area contributed by atoms with Crippen molar-refractivity contribution in [3.63, 3.8) is 0 Å². The van der Waals surface area contributed by atoms with Crippen LogP contribution in [0.2, 0.25) is 0 Å². The van der Waals surface area contributed by atoms with Crippen LogP contribution in [-0.4, -0.2) is 39.9 Å². The molecule has 0 fully saturated rings. The van der Waals surface area contributed by atoms with Crippen LogP contribution in [0, 0.1) is 13.8 Å². The monoisotopic (exact) mass is 361 g/mol. The number of nitrogens with zero attached hydrogens (tertiary/aromatic N) is 1. The van der Waals surface area contributed by atoms with Gasteiger partial charge in [0.25, 0.3) is 10.0 Å². The predicted octanol–water partition coefficient (Wildman–Crippen LogP) is 2.60. The van der Waals surface area contributed by atoms with E-state index in [2.05, 4.69) is 10.0 Å². The molecule has 2 aromatic rings. The molecule has 0 saturated heterocycles. The Bertz CT molecular complexity index is 860. The van der Waals surface area contributed by atoms with E-state index < -0.39 is 10.0 Å². The second-order valence-electron chi connectivity index (χ2n) is 6.25. The minimum absolute atomic E-state index is 0.171. The highest BCUT2D eigenvalue weighted by Crippen LogP contribution is 2.26. The lowest BCUT2D eigenvalue weighted by molar-refractivity contribution is -0.116. The van der Waals surface area contributed by atoms with Gasteiger partial charge in [-0.3, -0.25) is 9.52 Å². The van der Waals surface area contributed by atoms with Gasteiger partial charge in [0.15, 0.2) is 0 Å². The van der Waals surface area contributed by atoms with Crippen LogP contribution in [0.1, 0.15) is 11.1 Å². The van der Waals surface area contributed by atoms with Gasteiger partial charge in [0.2, 0.25) is 5.91 Å². The highest BCUT2D eigenvalue weighted by molar-refractivity contribution is 7.92. The van der Waals surface area contributed by atoms with Crippen LogP contribution >= 0.6 is 0 Å². The fraction of sp³-hybridized carbons (Fsp3) is 0.278. The first kappa shape index (κ1) is 19.0. The van der Waals surface area contributed by atoms with E-state index in [1.54, 1.807) is 55.4 Å². The van der Waals surface area contributed by atoms with Gasteiger partial charge in [-0.1, -0.05) is 23.8 Å². The molecule has 0 aliphatic heterocycles. The number of amides is 1. The second kappa shape index (κ2) is 7.67. The largest absolute Gasteiger partial charge is 0.323 e. The van der Waals surface area contributed by atoms with Crippen molar-refractivity contribution in [1.82, 2.24) is 4.90 Å². The summed E-state index contributed by atoms with van der Waals surface area (Å²) in [4.78, 5) is 13.9. The minimum atomic E-state index is -3.74. The Labute approximate surface area is 148 Å². The Kier molecular flexibility index (Phi) is 5.81. The maximum Gasteiger partial charge on any atom is 0.261 e. The summed E-state index contributed by atoms with van der Waals surface area (Å²) >= 11 is 0. The molecule has 0 heterocycles. The lowest BCUT2D eigenvalue weighted by Gasteiger charge is -2.16. The fourth-order valence-electron chi connectivity index (χ4n) is 2.25. The molecule has 7 heteroatoms. The maximum atomic E-state index is 12.6. The van der Waals surface area contributed by atoms with Crippen molar-refractivity contribution in [1.29, 1.82) is 0 Å². The Morgan fingerprint density at radius 2 is 1.56 bits per heavy atom. The summed E-state index contributed by atoms with van der Waals surface area (Å²) in [5.41, 5.74) is 2.62. The fourth-order valence-corrected chi connectivity index (χ4v) is 3.32. The van der Waals surface area contributed by atoms with E-state index in [0.29, 0.717) is 11.4 Å². The standard InChI is InChI=1S/C18H23N3O3S/c1-13-5-8-15(9-6-13)25(23,24)20-17-11-14(2)7-10-16(17)19-18(22)12-21(3)4/h5-11,20H,12H2,1-4H3,(H,19,22).